The van der Waals surface area contributed by atoms with Gasteiger partial charge in [0.2, 0.25) is 5.78 Å². The zero-order valence-electron chi connectivity index (χ0n) is 12.8. The molecule has 0 aliphatic carbocycles. The summed E-state index contributed by atoms with van der Waals surface area (Å²) >= 11 is 1.53. The molecule has 0 aliphatic heterocycles. The van der Waals surface area contributed by atoms with Crippen molar-refractivity contribution in [3.63, 3.8) is 0 Å². The Morgan fingerprint density at radius 2 is 1.87 bits per heavy atom. The highest BCUT2D eigenvalue weighted by Crippen LogP contribution is 2.21. The second-order valence-corrected chi connectivity index (χ2v) is 6.30. The molecule has 118 valence electrons. The molecule has 0 saturated heterocycles. The van der Waals surface area contributed by atoms with Crippen LogP contribution in [0.25, 0.3) is 0 Å². The summed E-state index contributed by atoms with van der Waals surface area (Å²) in [5, 5.41) is 8.69. The fraction of sp³-hybridized carbons (Fsp3) is 0.235. The van der Waals surface area contributed by atoms with E-state index in [2.05, 4.69) is 0 Å². The monoisotopic (exact) mass is 329 g/mol. The summed E-state index contributed by atoms with van der Waals surface area (Å²) in [4.78, 5) is 25.6. The lowest BCUT2D eigenvalue weighted by Crippen LogP contribution is -2.19. The number of esters is 1. The summed E-state index contributed by atoms with van der Waals surface area (Å²) in [6.07, 6.45) is 0. The van der Waals surface area contributed by atoms with E-state index >= 15 is 0 Å². The van der Waals surface area contributed by atoms with Gasteiger partial charge in [0.1, 0.15) is 5.75 Å². The van der Waals surface area contributed by atoms with Crippen molar-refractivity contribution >= 4 is 23.1 Å². The Morgan fingerprint density at radius 1 is 1.17 bits per heavy atom. The summed E-state index contributed by atoms with van der Waals surface area (Å²) in [7, 11) is 0. The van der Waals surface area contributed by atoms with Crippen LogP contribution in [0.2, 0.25) is 0 Å². The number of nitrogens with zero attached hydrogens (tertiary/aromatic N) is 1. The van der Waals surface area contributed by atoms with Crippen molar-refractivity contribution in [2.24, 2.45) is 0 Å². The molecule has 1 aromatic carbocycles. The Balaban J connectivity index is 1.79. The number of aryl methyl sites for hydroxylation is 2. The second-order valence-electron chi connectivity index (χ2n) is 4.84. The molecule has 2 rings (SSSR count). The van der Waals surface area contributed by atoms with Crippen LogP contribution in [0.4, 0.5) is 0 Å². The van der Waals surface area contributed by atoms with E-state index in [-0.39, 0.29) is 19.0 Å². The Kier molecular flexibility index (Phi) is 5.50. The van der Waals surface area contributed by atoms with E-state index in [1.807, 2.05) is 19.9 Å². The lowest BCUT2D eigenvalue weighted by atomic mass is 10.2. The number of hydrogen-bond donors (Lipinski definition) is 0. The minimum absolute atomic E-state index is 0.224. The zero-order chi connectivity index (χ0) is 16.8. The highest BCUT2D eigenvalue weighted by atomic mass is 32.1. The van der Waals surface area contributed by atoms with E-state index in [9.17, 15) is 9.59 Å². The van der Waals surface area contributed by atoms with Crippen molar-refractivity contribution in [1.82, 2.24) is 0 Å². The molecular weight excluding hydrogens is 314 g/mol. The molecule has 0 fully saturated rings. The van der Waals surface area contributed by atoms with Crippen molar-refractivity contribution in [1.29, 1.82) is 5.26 Å². The molecule has 2 aromatic rings. The lowest BCUT2D eigenvalue weighted by molar-refractivity contribution is -0.144. The summed E-state index contributed by atoms with van der Waals surface area (Å²) < 4.78 is 10.2. The van der Waals surface area contributed by atoms with Crippen LogP contribution in [0.15, 0.2) is 30.3 Å². The molecule has 0 amide bonds. The number of hydrogen-bond acceptors (Lipinski definition) is 6. The van der Waals surface area contributed by atoms with Crippen molar-refractivity contribution in [3.05, 3.63) is 51.2 Å². The van der Waals surface area contributed by atoms with E-state index in [0.717, 1.165) is 9.75 Å². The Morgan fingerprint density at radius 3 is 2.43 bits per heavy atom. The van der Waals surface area contributed by atoms with E-state index in [1.165, 1.54) is 11.3 Å². The van der Waals surface area contributed by atoms with Gasteiger partial charge in [-0.3, -0.25) is 4.79 Å². The van der Waals surface area contributed by atoms with Crippen LogP contribution in [-0.2, 0) is 9.53 Å². The molecule has 1 heterocycles. The van der Waals surface area contributed by atoms with Crippen LogP contribution in [-0.4, -0.2) is 25.0 Å². The number of carbonyl (C=O) groups excluding carboxylic acids is 2. The molecule has 0 unspecified atom stereocenters. The third kappa shape index (κ3) is 4.66. The van der Waals surface area contributed by atoms with Crippen molar-refractivity contribution < 1.29 is 19.1 Å². The molecule has 1 aromatic heterocycles. The smallest absolute Gasteiger partial charge is 0.344 e. The standard InChI is InChI=1S/C17H15NO4S/c1-11-7-15(12(2)23-11)16(19)9-22-17(20)10-21-14-5-3-13(8-18)4-6-14/h3-7H,9-10H2,1-2H3. The van der Waals surface area contributed by atoms with Gasteiger partial charge in [0.05, 0.1) is 11.6 Å². The highest BCUT2D eigenvalue weighted by Gasteiger charge is 2.14. The van der Waals surface area contributed by atoms with E-state index in [1.54, 1.807) is 30.3 Å². The van der Waals surface area contributed by atoms with Crippen LogP contribution in [0.3, 0.4) is 0 Å². The predicted molar refractivity (Wildman–Crippen MR) is 85.7 cm³/mol. The summed E-state index contributed by atoms with van der Waals surface area (Å²) in [5.74, 6) is -0.387. The Bertz CT molecular complexity index is 756. The first-order valence-corrected chi connectivity index (χ1v) is 7.70. The molecule has 23 heavy (non-hydrogen) atoms. The van der Waals surface area contributed by atoms with E-state index < -0.39 is 5.97 Å². The van der Waals surface area contributed by atoms with Crippen LogP contribution < -0.4 is 4.74 Å². The highest BCUT2D eigenvalue weighted by molar-refractivity contribution is 7.12. The third-order valence-electron chi connectivity index (χ3n) is 3.05. The number of carbonyl (C=O) groups is 2. The van der Waals surface area contributed by atoms with Gasteiger partial charge in [0.25, 0.3) is 0 Å². The molecule has 0 atom stereocenters. The first-order chi connectivity index (χ1) is 11.0. The van der Waals surface area contributed by atoms with Gasteiger partial charge in [-0.05, 0) is 44.2 Å². The molecule has 0 bridgehead atoms. The lowest BCUT2D eigenvalue weighted by Gasteiger charge is -2.06. The molecule has 6 heteroatoms. The van der Waals surface area contributed by atoms with Crippen molar-refractivity contribution in [3.8, 4) is 11.8 Å². The number of nitriles is 1. The molecule has 0 saturated carbocycles. The number of rotatable bonds is 6. The van der Waals surface area contributed by atoms with E-state index in [4.69, 9.17) is 14.7 Å². The van der Waals surface area contributed by atoms with Gasteiger partial charge in [0.15, 0.2) is 13.2 Å². The molecule has 0 aliphatic rings. The van der Waals surface area contributed by atoms with Crippen LogP contribution in [0.1, 0.15) is 25.7 Å². The van der Waals surface area contributed by atoms with Crippen LogP contribution in [0.5, 0.6) is 5.75 Å². The normalized spacial score (nSPS) is 9.96. The van der Waals surface area contributed by atoms with Gasteiger partial charge >= 0.3 is 5.97 Å². The third-order valence-corrected chi connectivity index (χ3v) is 4.01. The zero-order valence-corrected chi connectivity index (χ0v) is 13.6. The van der Waals surface area contributed by atoms with Gasteiger partial charge in [0, 0.05) is 15.3 Å². The van der Waals surface area contributed by atoms with Crippen molar-refractivity contribution in [2.75, 3.05) is 13.2 Å². The molecule has 0 N–H and O–H groups in total. The SMILES string of the molecule is Cc1cc(C(=O)COC(=O)COc2ccc(C#N)cc2)c(C)s1. The van der Waals surface area contributed by atoms with Gasteiger partial charge in [-0.1, -0.05) is 0 Å². The van der Waals surface area contributed by atoms with Gasteiger partial charge in [-0.2, -0.15) is 5.26 Å². The van der Waals surface area contributed by atoms with Crippen LogP contribution in [0, 0.1) is 25.2 Å². The topological polar surface area (TPSA) is 76.4 Å². The predicted octanol–water partition coefficient (Wildman–Crippen LogP) is 3.04. The largest absolute Gasteiger partial charge is 0.482 e. The number of benzene rings is 1. The summed E-state index contributed by atoms with van der Waals surface area (Å²) in [6, 6.07) is 10.1. The van der Waals surface area contributed by atoms with Crippen molar-refractivity contribution in [2.45, 2.75) is 13.8 Å². The Labute approximate surface area is 138 Å². The Hall–Kier alpha value is -2.65. The number of Topliss-reactive ketones (excluding diaryl/α,β-unsaturated/α-hetero) is 1. The molecule has 5 nitrogen and oxygen atoms in total. The first-order valence-electron chi connectivity index (χ1n) is 6.88. The number of ether oxygens (including phenoxy) is 2. The maximum absolute atomic E-state index is 12.0. The number of ketones is 1. The molecule has 0 spiro atoms. The molecule has 0 radical (unpaired) electrons. The second kappa shape index (κ2) is 7.56. The average molecular weight is 329 g/mol. The van der Waals surface area contributed by atoms with Gasteiger partial charge in [-0.25, -0.2) is 4.79 Å². The fourth-order valence-electron chi connectivity index (χ4n) is 1.94. The van der Waals surface area contributed by atoms with Gasteiger partial charge in [-0.15, -0.1) is 11.3 Å². The minimum atomic E-state index is -0.618. The van der Waals surface area contributed by atoms with E-state index in [0.29, 0.717) is 16.9 Å². The fourth-order valence-corrected chi connectivity index (χ4v) is 2.88. The quantitative estimate of drug-likeness (QED) is 0.601. The average Bonchev–Trinajstić information content (AvgIpc) is 2.89. The maximum atomic E-state index is 12.0. The first kappa shape index (κ1) is 16.7. The summed E-state index contributed by atoms with van der Waals surface area (Å²) in [5.41, 5.74) is 1.10. The van der Waals surface area contributed by atoms with Crippen LogP contribution >= 0.6 is 11.3 Å². The van der Waals surface area contributed by atoms with Gasteiger partial charge < -0.3 is 9.47 Å². The maximum Gasteiger partial charge on any atom is 0.344 e. The minimum Gasteiger partial charge on any atom is -0.482 e. The molecular formula is C17H15NO4S. The summed E-state index contributed by atoms with van der Waals surface area (Å²) in [6.45, 7) is 3.19. The number of thiophene rings is 1.